The predicted octanol–water partition coefficient (Wildman–Crippen LogP) is 3.35. The summed E-state index contributed by atoms with van der Waals surface area (Å²) < 4.78 is 5.90. The van der Waals surface area contributed by atoms with Gasteiger partial charge in [-0.15, -0.1) is 11.6 Å². The van der Waals surface area contributed by atoms with Gasteiger partial charge in [0.25, 0.3) is 5.91 Å². The number of benzene rings is 1. The van der Waals surface area contributed by atoms with Gasteiger partial charge in [0.2, 0.25) is 0 Å². The van der Waals surface area contributed by atoms with Gasteiger partial charge in [-0.05, 0) is 53.4 Å². The van der Waals surface area contributed by atoms with E-state index in [2.05, 4.69) is 21.2 Å². The Balaban J connectivity index is 2.07. The lowest BCUT2D eigenvalue weighted by atomic mass is 10.1. The summed E-state index contributed by atoms with van der Waals surface area (Å²) in [5.41, 5.74) is 0.610. The Bertz CT molecular complexity index is 453. The number of carbonyl (C=O) groups excluding carboxylic acids is 1. The van der Waals surface area contributed by atoms with Crippen molar-refractivity contribution in [2.24, 2.45) is 0 Å². The molecule has 0 spiro atoms. The van der Waals surface area contributed by atoms with Crippen LogP contribution >= 0.6 is 27.5 Å². The molecule has 1 aromatic carbocycles. The summed E-state index contributed by atoms with van der Waals surface area (Å²) in [4.78, 5) is 12.1. The van der Waals surface area contributed by atoms with Crippen LogP contribution in [-0.4, -0.2) is 24.4 Å². The molecule has 0 radical (unpaired) electrons. The lowest BCUT2D eigenvalue weighted by Crippen LogP contribution is -2.37. The highest BCUT2D eigenvalue weighted by Gasteiger charge is 2.27. The smallest absolute Gasteiger partial charge is 0.251 e. The highest BCUT2D eigenvalue weighted by Crippen LogP contribution is 2.27. The van der Waals surface area contributed by atoms with E-state index in [9.17, 15) is 4.79 Å². The van der Waals surface area contributed by atoms with Crippen molar-refractivity contribution < 1.29 is 9.53 Å². The molecule has 1 fully saturated rings. The van der Waals surface area contributed by atoms with Gasteiger partial charge in [-0.3, -0.25) is 4.79 Å². The van der Waals surface area contributed by atoms with Gasteiger partial charge in [0.1, 0.15) is 5.75 Å². The Hall–Kier alpha value is -0.740. The van der Waals surface area contributed by atoms with E-state index in [0.717, 1.165) is 23.7 Å². The van der Waals surface area contributed by atoms with Gasteiger partial charge in [0, 0.05) is 11.6 Å². The minimum atomic E-state index is -0.0871. The first-order chi connectivity index (χ1) is 8.61. The van der Waals surface area contributed by atoms with Crippen LogP contribution in [0.5, 0.6) is 5.75 Å². The number of hydrogen-bond acceptors (Lipinski definition) is 2. The number of rotatable bonds is 3. The van der Waals surface area contributed by atoms with E-state index in [-0.39, 0.29) is 17.3 Å². The number of carbonyl (C=O) groups is 1. The molecule has 2 unspecified atom stereocenters. The van der Waals surface area contributed by atoms with Crippen LogP contribution in [0.3, 0.4) is 0 Å². The fraction of sp³-hybridized carbons (Fsp3) is 0.462. The van der Waals surface area contributed by atoms with Crippen LogP contribution in [-0.2, 0) is 0 Å². The zero-order valence-corrected chi connectivity index (χ0v) is 12.4. The molecule has 98 valence electrons. The maximum atomic E-state index is 12.1. The predicted molar refractivity (Wildman–Crippen MR) is 75.4 cm³/mol. The molecule has 1 amide bonds. The van der Waals surface area contributed by atoms with E-state index in [1.54, 1.807) is 25.3 Å². The third-order valence-corrected chi connectivity index (χ3v) is 4.30. The van der Waals surface area contributed by atoms with Crippen molar-refractivity contribution in [3.63, 3.8) is 0 Å². The number of nitrogens with one attached hydrogen (secondary N) is 1. The second-order valence-electron chi connectivity index (χ2n) is 4.38. The van der Waals surface area contributed by atoms with Crippen LogP contribution in [0.4, 0.5) is 0 Å². The summed E-state index contributed by atoms with van der Waals surface area (Å²) in [6.07, 6.45) is 3.00. The molecule has 0 aliphatic heterocycles. The SMILES string of the molecule is COc1ccc(C(=O)NC2CCCC2Cl)cc1Br. The van der Waals surface area contributed by atoms with Crippen molar-refractivity contribution >= 4 is 33.4 Å². The molecule has 1 N–H and O–H groups in total. The van der Waals surface area contributed by atoms with Crippen molar-refractivity contribution in [1.29, 1.82) is 0 Å². The first kappa shape index (κ1) is 13.7. The normalized spacial score (nSPS) is 22.8. The highest BCUT2D eigenvalue weighted by molar-refractivity contribution is 9.10. The summed E-state index contributed by atoms with van der Waals surface area (Å²) in [6.45, 7) is 0. The average molecular weight is 333 g/mol. The van der Waals surface area contributed by atoms with Gasteiger partial charge < -0.3 is 10.1 Å². The molecule has 1 aliphatic rings. The number of amides is 1. The molecule has 18 heavy (non-hydrogen) atoms. The molecule has 0 aromatic heterocycles. The van der Waals surface area contributed by atoms with E-state index in [1.807, 2.05) is 0 Å². The minimum absolute atomic E-state index is 0.0515. The molecule has 5 heteroatoms. The van der Waals surface area contributed by atoms with Crippen LogP contribution in [0.2, 0.25) is 0 Å². The standard InChI is InChI=1S/C13H15BrClNO2/c1-18-12-6-5-8(7-9(12)14)13(17)16-11-4-2-3-10(11)15/h5-7,10-11H,2-4H2,1H3,(H,16,17). The van der Waals surface area contributed by atoms with Gasteiger partial charge in [-0.2, -0.15) is 0 Å². The molecule has 1 saturated carbocycles. The number of alkyl halides is 1. The van der Waals surface area contributed by atoms with Crippen LogP contribution in [0, 0.1) is 0 Å². The van der Waals surface area contributed by atoms with Gasteiger partial charge in [0.15, 0.2) is 0 Å². The number of methoxy groups -OCH3 is 1. The van der Waals surface area contributed by atoms with Crippen LogP contribution < -0.4 is 10.1 Å². The van der Waals surface area contributed by atoms with E-state index in [4.69, 9.17) is 16.3 Å². The monoisotopic (exact) mass is 331 g/mol. The molecule has 1 aromatic rings. The molecular weight excluding hydrogens is 318 g/mol. The lowest BCUT2D eigenvalue weighted by molar-refractivity contribution is 0.0938. The number of ether oxygens (including phenoxy) is 1. The molecule has 3 nitrogen and oxygen atoms in total. The van der Waals surface area contributed by atoms with Crippen molar-refractivity contribution in [2.75, 3.05) is 7.11 Å². The molecule has 2 atom stereocenters. The van der Waals surface area contributed by atoms with Gasteiger partial charge >= 0.3 is 0 Å². The summed E-state index contributed by atoms with van der Waals surface area (Å²) in [6, 6.07) is 5.36. The summed E-state index contributed by atoms with van der Waals surface area (Å²) in [5.74, 6) is 0.624. The zero-order chi connectivity index (χ0) is 13.1. The molecule has 0 heterocycles. The van der Waals surface area contributed by atoms with Crippen molar-refractivity contribution in [3.05, 3.63) is 28.2 Å². The number of hydrogen-bond donors (Lipinski definition) is 1. The van der Waals surface area contributed by atoms with Gasteiger partial charge in [0.05, 0.1) is 17.0 Å². The quantitative estimate of drug-likeness (QED) is 0.862. The van der Waals surface area contributed by atoms with Gasteiger partial charge in [-0.1, -0.05) is 0 Å². The zero-order valence-electron chi connectivity index (χ0n) is 10.1. The highest BCUT2D eigenvalue weighted by atomic mass is 79.9. The Kier molecular flexibility index (Phi) is 4.51. The minimum Gasteiger partial charge on any atom is -0.496 e. The third-order valence-electron chi connectivity index (χ3n) is 3.16. The topological polar surface area (TPSA) is 38.3 Å². The molecule has 0 bridgehead atoms. The maximum absolute atomic E-state index is 12.1. The summed E-state index contributed by atoms with van der Waals surface area (Å²) >= 11 is 9.51. The van der Waals surface area contributed by atoms with Crippen molar-refractivity contribution in [1.82, 2.24) is 5.32 Å². The third kappa shape index (κ3) is 2.98. The largest absolute Gasteiger partial charge is 0.496 e. The second-order valence-corrected chi connectivity index (χ2v) is 5.79. The Morgan fingerprint density at radius 3 is 2.83 bits per heavy atom. The molecule has 1 aliphatic carbocycles. The van der Waals surface area contributed by atoms with E-state index in [0.29, 0.717) is 11.3 Å². The second kappa shape index (κ2) is 5.93. The summed E-state index contributed by atoms with van der Waals surface area (Å²) in [5, 5.41) is 3.03. The summed E-state index contributed by atoms with van der Waals surface area (Å²) in [7, 11) is 1.59. The van der Waals surface area contributed by atoms with Crippen molar-refractivity contribution in [3.8, 4) is 5.75 Å². The first-order valence-electron chi connectivity index (χ1n) is 5.90. The Morgan fingerprint density at radius 1 is 1.50 bits per heavy atom. The first-order valence-corrected chi connectivity index (χ1v) is 7.13. The molecule has 0 saturated heterocycles. The van der Waals surface area contributed by atoms with E-state index in [1.165, 1.54) is 0 Å². The van der Waals surface area contributed by atoms with E-state index < -0.39 is 0 Å². The van der Waals surface area contributed by atoms with Gasteiger partial charge in [-0.25, -0.2) is 0 Å². The Labute approximate surface area is 120 Å². The van der Waals surface area contributed by atoms with Crippen molar-refractivity contribution in [2.45, 2.75) is 30.7 Å². The molecule has 2 rings (SSSR count). The number of halogens is 2. The van der Waals surface area contributed by atoms with Crippen LogP contribution in [0.1, 0.15) is 29.6 Å². The lowest BCUT2D eigenvalue weighted by Gasteiger charge is -2.16. The molecular formula is C13H15BrClNO2. The van der Waals surface area contributed by atoms with Crippen LogP contribution in [0.15, 0.2) is 22.7 Å². The fourth-order valence-corrected chi connectivity index (χ4v) is 3.02. The van der Waals surface area contributed by atoms with E-state index >= 15 is 0 Å². The van der Waals surface area contributed by atoms with Crippen LogP contribution in [0.25, 0.3) is 0 Å². The Morgan fingerprint density at radius 2 is 2.28 bits per heavy atom. The fourth-order valence-electron chi connectivity index (χ4n) is 2.14. The average Bonchev–Trinajstić information content (AvgIpc) is 2.75. The maximum Gasteiger partial charge on any atom is 0.251 e.